The van der Waals surface area contributed by atoms with E-state index in [2.05, 4.69) is 58.8 Å². The number of rotatable bonds is 6. The Bertz CT molecular complexity index is 989. The Kier molecular flexibility index (Phi) is 5.00. The van der Waals surface area contributed by atoms with E-state index in [9.17, 15) is 9.90 Å². The van der Waals surface area contributed by atoms with Gasteiger partial charge in [0.1, 0.15) is 5.60 Å². The van der Waals surface area contributed by atoms with Crippen LogP contribution in [-0.2, 0) is 22.5 Å². The maximum absolute atomic E-state index is 11.2. The van der Waals surface area contributed by atoms with Gasteiger partial charge >= 0.3 is 0 Å². The first kappa shape index (κ1) is 20.4. The number of aliphatic hydroxyl groups excluding tert-OH is 1. The predicted octanol–water partition coefficient (Wildman–Crippen LogP) is 3.40. The van der Waals surface area contributed by atoms with Crippen LogP contribution >= 0.6 is 0 Å². The largest absolute Gasteiger partial charge is 0.396 e. The van der Waals surface area contributed by atoms with E-state index in [4.69, 9.17) is 4.74 Å². The molecule has 5 heteroatoms. The lowest BCUT2D eigenvalue weighted by Gasteiger charge is -2.20. The highest BCUT2D eigenvalue weighted by Crippen LogP contribution is 2.79. The quantitative estimate of drug-likeness (QED) is 0.706. The number of anilines is 1. The molecule has 2 fully saturated rings. The van der Waals surface area contributed by atoms with Crippen LogP contribution in [0.5, 0.6) is 0 Å². The van der Waals surface area contributed by atoms with Crippen LogP contribution in [0.2, 0.25) is 0 Å². The number of fused-ring (bicyclic) bond motifs is 1. The molecular weight excluding hydrogens is 388 g/mol. The standard InChI is InChI=1S/C26H30N2O3/c1-20(30)27-23-10-8-22(9-11-23)17-28-14-13-24(18-28)25(19-29,26(24)12-5-15-31-26)16-21-6-3-2-4-7-21/h2-12,29H,13-19H2,1H3,(H,27,30)/t24-,25-,26-/m0/s1. The van der Waals surface area contributed by atoms with E-state index >= 15 is 0 Å². The highest BCUT2D eigenvalue weighted by molar-refractivity contribution is 5.88. The number of likely N-dealkylation sites (tertiary alicyclic amines) is 1. The molecule has 1 saturated heterocycles. The third-order valence-corrected chi connectivity index (χ3v) is 7.68. The van der Waals surface area contributed by atoms with Gasteiger partial charge in [0.15, 0.2) is 0 Å². The molecule has 2 aliphatic heterocycles. The summed E-state index contributed by atoms with van der Waals surface area (Å²) in [7, 11) is 0. The lowest BCUT2D eigenvalue weighted by atomic mass is 9.86. The predicted molar refractivity (Wildman–Crippen MR) is 121 cm³/mol. The number of hydrogen-bond acceptors (Lipinski definition) is 4. The van der Waals surface area contributed by atoms with Crippen molar-refractivity contribution in [1.29, 1.82) is 0 Å². The molecule has 5 nitrogen and oxygen atoms in total. The first-order valence-corrected chi connectivity index (χ1v) is 11.1. The number of hydrogen-bond donors (Lipinski definition) is 2. The number of nitrogens with zero attached hydrogens (tertiary/aromatic N) is 1. The van der Waals surface area contributed by atoms with Crippen molar-refractivity contribution in [3.05, 3.63) is 77.9 Å². The highest BCUT2D eigenvalue weighted by atomic mass is 16.5. The van der Waals surface area contributed by atoms with E-state index in [-0.39, 0.29) is 28.9 Å². The van der Waals surface area contributed by atoms with Crippen LogP contribution in [0.1, 0.15) is 24.5 Å². The van der Waals surface area contributed by atoms with Crippen LogP contribution in [0, 0.1) is 10.8 Å². The minimum Gasteiger partial charge on any atom is -0.396 e. The Morgan fingerprint density at radius 1 is 1.13 bits per heavy atom. The Labute approximate surface area is 183 Å². The fourth-order valence-corrected chi connectivity index (χ4v) is 6.32. The fourth-order valence-electron chi connectivity index (χ4n) is 6.32. The number of aliphatic hydroxyl groups is 1. The Balaban J connectivity index is 1.35. The van der Waals surface area contributed by atoms with Crippen molar-refractivity contribution >= 4 is 11.6 Å². The number of ether oxygens (including phenoxy) is 1. The second kappa shape index (κ2) is 7.59. The van der Waals surface area contributed by atoms with Crippen LogP contribution in [0.3, 0.4) is 0 Å². The number of carbonyl (C=O) groups is 1. The molecule has 0 unspecified atom stereocenters. The maximum atomic E-state index is 11.2. The minimum absolute atomic E-state index is 0.0587. The molecule has 0 radical (unpaired) electrons. The van der Waals surface area contributed by atoms with Gasteiger partial charge in [0.25, 0.3) is 0 Å². The van der Waals surface area contributed by atoms with Gasteiger partial charge in [0, 0.05) is 36.5 Å². The number of benzene rings is 2. The molecule has 31 heavy (non-hydrogen) atoms. The number of carbonyl (C=O) groups excluding carboxylic acids is 1. The summed E-state index contributed by atoms with van der Waals surface area (Å²) >= 11 is 0. The molecule has 2 heterocycles. The zero-order chi connectivity index (χ0) is 21.5. The van der Waals surface area contributed by atoms with Gasteiger partial charge in [-0.3, -0.25) is 9.69 Å². The number of nitrogens with one attached hydrogen (secondary N) is 1. The summed E-state index contributed by atoms with van der Waals surface area (Å²) in [5.41, 5.74) is 2.59. The second-order valence-corrected chi connectivity index (χ2v) is 9.27. The van der Waals surface area contributed by atoms with Gasteiger partial charge < -0.3 is 15.2 Å². The number of amides is 1. The Morgan fingerprint density at radius 3 is 2.55 bits per heavy atom. The van der Waals surface area contributed by atoms with Crippen molar-refractivity contribution in [2.75, 3.05) is 31.6 Å². The summed E-state index contributed by atoms with van der Waals surface area (Å²) in [6.45, 7) is 5.04. The van der Waals surface area contributed by atoms with Gasteiger partial charge in [-0.15, -0.1) is 0 Å². The zero-order valence-corrected chi connectivity index (χ0v) is 18.0. The van der Waals surface area contributed by atoms with E-state index in [1.54, 1.807) is 0 Å². The Hall–Kier alpha value is -2.47. The summed E-state index contributed by atoms with van der Waals surface area (Å²) in [4.78, 5) is 13.7. The molecule has 1 amide bonds. The average molecular weight is 419 g/mol. The SMILES string of the molecule is CC(=O)Nc1ccc(CN2CC[C@]3(C2)[C@@](CO)(Cc2ccccc2)[C@]32C=CCO2)cc1. The van der Waals surface area contributed by atoms with Crippen LogP contribution in [0.15, 0.2) is 66.7 Å². The van der Waals surface area contributed by atoms with Gasteiger partial charge in [-0.25, -0.2) is 0 Å². The summed E-state index contributed by atoms with van der Waals surface area (Å²) in [5, 5.41) is 13.5. The first-order chi connectivity index (χ1) is 15.0. The molecule has 5 rings (SSSR count). The van der Waals surface area contributed by atoms with Crippen LogP contribution in [0.4, 0.5) is 5.69 Å². The van der Waals surface area contributed by atoms with Crippen molar-refractivity contribution in [1.82, 2.24) is 4.90 Å². The van der Waals surface area contributed by atoms with E-state index in [0.717, 1.165) is 38.2 Å². The Morgan fingerprint density at radius 2 is 1.90 bits per heavy atom. The van der Waals surface area contributed by atoms with Gasteiger partial charge in [0.05, 0.1) is 13.2 Å². The topological polar surface area (TPSA) is 61.8 Å². The summed E-state index contributed by atoms with van der Waals surface area (Å²) in [6.07, 6.45) is 6.20. The molecule has 162 valence electrons. The maximum Gasteiger partial charge on any atom is 0.221 e. The van der Waals surface area contributed by atoms with Gasteiger partial charge in [-0.1, -0.05) is 54.6 Å². The highest BCUT2D eigenvalue weighted by Gasteiger charge is 2.87. The monoisotopic (exact) mass is 418 g/mol. The minimum atomic E-state index is -0.366. The van der Waals surface area contributed by atoms with E-state index in [1.807, 2.05) is 18.2 Å². The molecule has 1 aliphatic carbocycles. The van der Waals surface area contributed by atoms with Crippen molar-refractivity contribution in [3.63, 3.8) is 0 Å². The van der Waals surface area contributed by atoms with Gasteiger partial charge in [-0.05, 0) is 42.6 Å². The molecular formula is C26H30N2O3. The molecule has 3 atom stereocenters. The van der Waals surface area contributed by atoms with Crippen molar-refractivity contribution in [2.45, 2.75) is 31.9 Å². The van der Waals surface area contributed by atoms with E-state index in [1.165, 1.54) is 18.1 Å². The average Bonchev–Trinajstić information content (AvgIpc) is 3.24. The third kappa shape index (κ3) is 3.06. The molecule has 0 aromatic heterocycles. The molecule has 1 saturated carbocycles. The van der Waals surface area contributed by atoms with Gasteiger partial charge in [-0.2, -0.15) is 0 Å². The second-order valence-electron chi connectivity index (χ2n) is 9.27. The lowest BCUT2D eigenvalue weighted by molar-refractivity contribution is -0.114. The lowest BCUT2D eigenvalue weighted by Crippen LogP contribution is -2.26. The van der Waals surface area contributed by atoms with Gasteiger partial charge in [0.2, 0.25) is 5.91 Å². The van der Waals surface area contributed by atoms with Crippen molar-refractivity contribution in [2.24, 2.45) is 10.8 Å². The smallest absolute Gasteiger partial charge is 0.221 e. The summed E-state index contributed by atoms with van der Waals surface area (Å²) in [6, 6.07) is 18.5. The molecule has 0 bridgehead atoms. The first-order valence-electron chi connectivity index (χ1n) is 11.1. The van der Waals surface area contributed by atoms with Crippen LogP contribution in [-0.4, -0.2) is 47.8 Å². The summed E-state index contributed by atoms with van der Waals surface area (Å²) in [5.74, 6) is -0.0587. The third-order valence-electron chi connectivity index (χ3n) is 7.68. The van der Waals surface area contributed by atoms with E-state index in [0.29, 0.717) is 6.61 Å². The van der Waals surface area contributed by atoms with Crippen LogP contribution in [0.25, 0.3) is 0 Å². The van der Waals surface area contributed by atoms with E-state index < -0.39 is 0 Å². The summed E-state index contributed by atoms with van der Waals surface area (Å²) < 4.78 is 6.38. The molecule has 2 aromatic rings. The van der Waals surface area contributed by atoms with Crippen molar-refractivity contribution < 1.29 is 14.6 Å². The molecule has 2 spiro atoms. The fraction of sp³-hybridized carbons (Fsp3) is 0.423. The molecule has 2 aromatic carbocycles. The molecule has 3 aliphatic rings. The van der Waals surface area contributed by atoms with Crippen molar-refractivity contribution in [3.8, 4) is 0 Å². The van der Waals surface area contributed by atoms with Crippen LogP contribution < -0.4 is 5.32 Å². The normalized spacial score (nSPS) is 31.5. The zero-order valence-electron chi connectivity index (χ0n) is 18.0. The molecule has 2 N–H and O–H groups in total.